The highest BCUT2D eigenvalue weighted by Crippen LogP contribution is 2.31. The maximum Gasteiger partial charge on any atom is 0.274 e. The number of hydrogen-bond acceptors (Lipinski definition) is 5. The molecule has 0 radical (unpaired) electrons. The lowest BCUT2D eigenvalue weighted by molar-refractivity contribution is -0.135. The number of benzene rings is 1. The second kappa shape index (κ2) is 9.96. The summed E-state index contributed by atoms with van der Waals surface area (Å²) in [6.45, 7) is 3.02. The zero-order valence-electron chi connectivity index (χ0n) is 18.0. The maximum absolute atomic E-state index is 13.0. The first kappa shape index (κ1) is 21.4. The van der Waals surface area contributed by atoms with Gasteiger partial charge in [-0.25, -0.2) is 0 Å². The number of methoxy groups -OCH3 is 1. The van der Waals surface area contributed by atoms with Gasteiger partial charge in [-0.05, 0) is 49.4 Å². The number of carbonyl (C=O) groups is 2. The van der Waals surface area contributed by atoms with Crippen molar-refractivity contribution in [1.29, 1.82) is 0 Å². The summed E-state index contributed by atoms with van der Waals surface area (Å²) in [5.41, 5.74) is 2.37. The Balaban J connectivity index is 1.40. The summed E-state index contributed by atoms with van der Waals surface area (Å²) in [5.74, 6) is 0.864. The molecule has 1 N–H and O–H groups in total. The summed E-state index contributed by atoms with van der Waals surface area (Å²) in [6.07, 6.45) is 4.07. The first-order valence-corrected chi connectivity index (χ1v) is 11.0. The highest BCUT2D eigenvalue weighted by Gasteiger charge is 2.30. The molecule has 0 bridgehead atoms. The lowest BCUT2D eigenvalue weighted by atomic mass is 9.98. The molecule has 0 spiro atoms. The van der Waals surface area contributed by atoms with Gasteiger partial charge in [-0.1, -0.05) is 12.1 Å². The molecule has 1 aromatic carbocycles. The van der Waals surface area contributed by atoms with E-state index in [1.807, 2.05) is 35.2 Å². The number of piperidine rings is 1. The molecule has 2 aromatic rings. The van der Waals surface area contributed by atoms with Crippen molar-refractivity contribution < 1.29 is 19.1 Å². The largest absolute Gasteiger partial charge is 0.497 e. The van der Waals surface area contributed by atoms with Gasteiger partial charge in [-0.2, -0.15) is 5.10 Å². The van der Waals surface area contributed by atoms with Crippen LogP contribution >= 0.6 is 0 Å². The molecule has 2 aliphatic heterocycles. The number of nitrogens with one attached hydrogen (secondary N) is 1. The summed E-state index contributed by atoms with van der Waals surface area (Å²) in [5, 5.41) is 7.29. The number of aromatic nitrogens is 2. The van der Waals surface area contributed by atoms with E-state index < -0.39 is 0 Å². The third kappa shape index (κ3) is 5.07. The van der Waals surface area contributed by atoms with Crippen LogP contribution in [0.5, 0.6) is 5.75 Å². The van der Waals surface area contributed by atoms with E-state index in [0.717, 1.165) is 42.8 Å². The van der Waals surface area contributed by atoms with E-state index in [1.165, 1.54) is 0 Å². The van der Waals surface area contributed by atoms with Crippen molar-refractivity contribution in [2.24, 2.45) is 0 Å². The summed E-state index contributed by atoms with van der Waals surface area (Å²) in [4.78, 5) is 29.5. The lowest BCUT2D eigenvalue weighted by Crippen LogP contribution is -2.40. The normalized spacial score (nSPS) is 19.3. The molecule has 2 aliphatic rings. The van der Waals surface area contributed by atoms with Crippen LogP contribution in [-0.4, -0.2) is 71.8 Å². The molecule has 2 fully saturated rings. The molecule has 2 amide bonds. The Morgan fingerprint density at radius 1 is 1.16 bits per heavy atom. The van der Waals surface area contributed by atoms with Crippen LogP contribution in [0.4, 0.5) is 0 Å². The molecule has 0 saturated carbocycles. The Kier molecular flexibility index (Phi) is 6.86. The molecule has 3 heterocycles. The average Bonchev–Trinajstić information content (AvgIpc) is 3.33. The van der Waals surface area contributed by atoms with Gasteiger partial charge in [0, 0.05) is 26.1 Å². The lowest BCUT2D eigenvalue weighted by Gasteiger charge is -2.35. The van der Waals surface area contributed by atoms with Crippen LogP contribution in [0.2, 0.25) is 0 Å². The fourth-order valence-corrected chi connectivity index (χ4v) is 4.29. The van der Waals surface area contributed by atoms with Crippen molar-refractivity contribution in [2.75, 3.05) is 40.0 Å². The number of amides is 2. The van der Waals surface area contributed by atoms with Gasteiger partial charge >= 0.3 is 0 Å². The van der Waals surface area contributed by atoms with Gasteiger partial charge in [0.15, 0.2) is 0 Å². The van der Waals surface area contributed by atoms with E-state index in [2.05, 4.69) is 10.2 Å². The van der Waals surface area contributed by atoms with Crippen LogP contribution in [0.15, 0.2) is 30.3 Å². The first-order chi connectivity index (χ1) is 15.2. The van der Waals surface area contributed by atoms with Gasteiger partial charge in [0.05, 0.1) is 32.1 Å². The average molecular weight is 427 g/mol. The van der Waals surface area contributed by atoms with Crippen molar-refractivity contribution in [3.05, 3.63) is 47.3 Å². The van der Waals surface area contributed by atoms with Crippen molar-refractivity contribution in [3.8, 4) is 5.75 Å². The minimum absolute atomic E-state index is 0.0594. The SMILES string of the molecule is COc1ccc(CCC(=O)N2CCCC[C@H]2c2cc(C(=O)N3CCOCC3)n[nH]2)cc1. The molecule has 0 aliphatic carbocycles. The van der Waals surface area contributed by atoms with Crippen LogP contribution < -0.4 is 4.74 Å². The number of likely N-dealkylation sites (tertiary alicyclic amines) is 1. The van der Waals surface area contributed by atoms with Gasteiger partial charge in [-0.3, -0.25) is 14.7 Å². The Hall–Kier alpha value is -2.87. The van der Waals surface area contributed by atoms with Crippen LogP contribution in [0.25, 0.3) is 0 Å². The van der Waals surface area contributed by atoms with Gasteiger partial charge in [-0.15, -0.1) is 0 Å². The zero-order valence-corrected chi connectivity index (χ0v) is 18.0. The monoisotopic (exact) mass is 426 g/mol. The Morgan fingerprint density at radius 3 is 2.68 bits per heavy atom. The Bertz CT molecular complexity index is 889. The molecule has 31 heavy (non-hydrogen) atoms. The van der Waals surface area contributed by atoms with E-state index in [-0.39, 0.29) is 17.9 Å². The number of hydrogen-bond donors (Lipinski definition) is 1. The minimum Gasteiger partial charge on any atom is -0.497 e. The van der Waals surface area contributed by atoms with Crippen LogP contribution in [0.3, 0.4) is 0 Å². The van der Waals surface area contributed by atoms with E-state index >= 15 is 0 Å². The third-order valence-electron chi connectivity index (χ3n) is 6.08. The van der Waals surface area contributed by atoms with Gasteiger partial charge < -0.3 is 19.3 Å². The smallest absolute Gasteiger partial charge is 0.274 e. The molecule has 8 nitrogen and oxygen atoms in total. The molecular formula is C23H30N4O4. The first-order valence-electron chi connectivity index (χ1n) is 11.0. The quantitative estimate of drug-likeness (QED) is 0.767. The van der Waals surface area contributed by atoms with E-state index in [4.69, 9.17) is 9.47 Å². The van der Waals surface area contributed by atoms with Crippen molar-refractivity contribution in [1.82, 2.24) is 20.0 Å². The Morgan fingerprint density at radius 2 is 1.94 bits per heavy atom. The minimum atomic E-state index is -0.0843. The number of nitrogens with zero attached hydrogens (tertiary/aromatic N) is 3. The van der Waals surface area contributed by atoms with E-state index in [9.17, 15) is 9.59 Å². The highest BCUT2D eigenvalue weighted by molar-refractivity contribution is 5.92. The topological polar surface area (TPSA) is 87.8 Å². The standard InChI is InChI=1S/C23H30N4O4/c1-30-18-8-5-17(6-9-18)7-10-22(28)27-11-3-2-4-21(27)19-16-20(25-24-19)23(29)26-12-14-31-15-13-26/h5-6,8-9,16,21H,2-4,7,10-15H2,1H3,(H,24,25)/t21-/m0/s1. The van der Waals surface area contributed by atoms with Gasteiger partial charge in [0.2, 0.25) is 5.91 Å². The third-order valence-corrected chi connectivity index (χ3v) is 6.08. The molecule has 1 aromatic heterocycles. The molecule has 0 unspecified atom stereocenters. The fourth-order valence-electron chi connectivity index (χ4n) is 4.29. The second-order valence-electron chi connectivity index (χ2n) is 8.06. The van der Waals surface area contributed by atoms with Crippen molar-refractivity contribution in [2.45, 2.75) is 38.1 Å². The fraction of sp³-hybridized carbons (Fsp3) is 0.522. The van der Waals surface area contributed by atoms with Crippen molar-refractivity contribution in [3.63, 3.8) is 0 Å². The number of ether oxygens (including phenoxy) is 2. The predicted molar refractivity (Wildman–Crippen MR) is 115 cm³/mol. The molecule has 166 valence electrons. The summed E-state index contributed by atoms with van der Waals surface area (Å²) in [6, 6.07) is 9.59. The van der Waals surface area contributed by atoms with E-state index in [1.54, 1.807) is 12.0 Å². The predicted octanol–water partition coefficient (Wildman–Crippen LogP) is 2.58. The highest BCUT2D eigenvalue weighted by atomic mass is 16.5. The zero-order chi connectivity index (χ0) is 21.6. The number of rotatable bonds is 6. The van der Waals surface area contributed by atoms with Crippen LogP contribution in [-0.2, 0) is 16.0 Å². The number of carbonyl (C=O) groups excluding carboxylic acids is 2. The number of aryl methyl sites for hydroxylation is 1. The summed E-state index contributed by atoms with van der Waals surface area (Å²) >= 11 is 0. The molecule has 4 rings (SSSR count). The van der Waals surface area contributed by atoms with E-state index in [0.29, 0.717) is 44.8 Å². The summed E-state index contributed by atoms with van der Waals surface area (Å²) in [7, 11) is 1.64. The number of H-pyrrole nitrogens is 1. The van der Waals surface area contributed by atoms with Gasteiger partial charge in [0.25, 0.3) is 5.91 Å². The number of aromatic amines is 1. The molecule has 8 heteroatoms. The van der Waals surface area contributed by atoms with Gasteiger partial charge in [0.1, 0.15) is 11.4 Å². The van der Waals surface area contributed by atoms with Crippen LogP contribution in [0, 0.1) is 0 Å². The Labute approximate surface area is 182 Å². The van der Waals surface area contributed by atoms with Crippen LogP contribution in [0.1, 0.15) is 53.5 Å². The maximum atomic E-state index is 13.0. The molecule has 2 saturated heterocycles. The summed E-state index contributed by atoms with van der Waals surface area (Å²) < 4.78 is 10.5. The second-order valence-corrected chi connectivity index (χ2v) is 8.06. The number of morpholine rings is 1. The van der Waals surface area contributed by atoms with Crippen molar-refractivity contribution >= 4 is 11.8 Å². The molecule has 1 atom stereocenters. The molecular weight excluding hydrogens is 396 g/mol.